The van der Waals surface area contributed by atoms with Gasteiger partial charge >= 0.3 is 5.97 Å². The van der Waals surface area contributed by atoms with Crippen LogP contribution in [0.4, 0.5) is 0 Å². The molecule has 0 unspecified atom stereocenters. The van der Waals surface area contributed by atoms with E-state index >= 15 is 0 Å². The van der Waals surface area contributed by atoms with Crippen molar-refractivity contribution in [3.8, 4) is 5.75 Å². The first-order valence-corrected chi connectivity index (χ1v) is 12.0. The molecule has 1 saturated carbocycles. The molecular formula is C21H29NO4S2. The van der Waals surface area contributed by atoms with Crippen LogP contribution < -0.4 is 10.1 Å². The minimum atomic E-state index is -0.916. The number of carbonyl (C=O) groups excluding carboxylic acids is 2. The largest absolute Gasteiger partial charge is 0.484 e. The highest BCUT2D eigenvalue weighted by atomic mass is 32.2. The van der Waals surface area contributed by atoms with Gasteiger partial charge in [-0.25, -0.2) is 4.79 Å². The number of esters is 1. The number of rotatable bonds is 6. The summed E-state index contributed by atoms with van der Waals surface area (Å²) in [6.07, 6.45) is 4.29. The highest BCUT2D eigenvalue weighted by molar-refractivity contribution is 8.16. The summed E-state index contributed by atoms with van der Waals surface area (Å²) in [4.78, 5) is 24.8. The van der Waals surface area contributed by atoms with Crippen LogP contribution in [0.15, 0.2) is 24.3 Å². The molecule has 3 rings (SSSR count). The van der Waals surface area contributed by atoms with Crippen molar-refractivity contribution < 1.29 is 19.1 Å². The van der Waals surface area contributed by atoms with Crippen molar-refractivity contribution in [2.75, 3.05) is 25.2 Å². The van der Waals surface area contributed by atoms with Crippen molar-refractivity contribution in [1.82, 2.24) is 5.32 Å². The summed E-state index contributed by atoms with van der Waals surface area (Å²) in [6.45, 7) is 2.06. The zero-order valence-electron chi connectivity index (χ0n) is 16.6. The van der Waals surface area contributed by atoms with Gasteiger partial charge in [0.25, 0.3) is 5.91 Å². The number of amides is 1. The fraction of sp³-hybridized carbons (Fsp3) is 0.619. The monoisotopic (exact) mass is 423 g/mol. The fourth-order valence-corrected chi connectivity index (χ4v) is 6.58. The van der Waals surface area contributed by atoms with E-state index in [0.29, 0.717) is 29.1 Å². The highest BCUT2D eigenvalue weighted by Crippen LogP contribution is 2.43. The average molecular weight is 424 g/mol. The van der Waals surface area contributed by atoms with Gasteiger partial charge in [-0.05, 0) is 67.2 Å². The van der Waals surface area contributed by atoms with Crippen LogP contribution in [0, 0.1) is 5.92 Å². The normalized spacial score (nSPS) is 25.7. The molecule has 0 bridgehead atoms. The van der Waals surface area contributed by atoms with Crippen molar-refractivity contribution >= 4 is 35.4 Å². The lowest BCUT2D eigenvalue weighted by Gasteiger charge is -2.37. The number of nitrogens with one attached hydrogen (secondary N) is 1. The molecule has 1 aliphatic heterocycles. The van der Waals surface area contributed by atoms with Gasteiger partial charge in [0, 0.05) is 0 Å². The zero-order valence-corrected chi connectivity index (χ0v) is 18.2. The van der Waals surface area contributed by atoms with Gasteiger partial charge in [-0.15, -0.1) is 23.5 Å². The summed E-state index contributed by atoms with van der Waals surface area (Å²) < 4.78 is 11.1. The number of methoxy groups -OCH3 is 1. The molecule has 0 atom stereocenters. The standard InChI is InChI=1S/C21H29NO4S2/c1-15-8-10-21(11-9-15,20(24)25-2)22-18(23)14-26-17-6-4-16(5-7-17)19-27-12-3-13-28-19/h4-7,15,19H,3,8-14H2,1-2H3,(H,22,23). The van der Waals surface area contributed by atoms with E-state index in [1.165, 1.54) is 30.6 Å². The van der Waals surface area contributed by atoms with Crippen LogP contribution >= 0.6 is 23.5 Å². The smallest absolute Gasteiger partial charge is 0.331 e. The van der Waals surface area contributed by atoms with E-state index in [-0.39, 0.29) is 18.5 Å². The lowest BCUT2D eigenvalue weighted by atomic mass is 9.77. The topological polar surface area (TPSA) is 64.6 Å². The molecule has 2 fully saturated rings. The van der Waals surface area contributed by atoms with E-state index in [4.69, 9.17) is 9.47 Å². The number of thioether (sulfide) groups is 2. The number of hydrogen-bond donors (Lipinski definition) is 1. The number of benzene rings is 1. The third kappa shape index (κ3) is 5.38. The molecule has 0 spiro atoms. The maximum Gasteiger partial charge on any atom is 0.331 e. The molecule has 0 radical (unpaired) electrons. The van der Waals surface area contributed by atoms with E-state index in [1.54, 1.807) is 0 Å². The quantitative estimate of drug-likeness (QED) is 0.693. The van der Waals surface area contributed by atoms with Crippen molar-refractivity contribution in [3.63, 3.8) is 0 Å². The third-order valence-electron chi connectivity index (χ3n) is 5.43. The predicted molar refractivity (Wildman–Crippen MR) is 115 cm³/mol. The first-order valence-electron chi connectivity index (χ1n) is 9.88. The predicted octanol–water partition coefficient (Wildman–Crippen LogP) is 4.17. The van der Waals surface area contributed by atoms with Gasteiger partial charge in [0.05, 0.1) is 11.7 Å². The van der Waals surface area contributed by atoms with Gasteiger partial charge < -0.3 is 14.8 Å². The van der Waals surface area contributed by atoms with E-state index in [9.17, 15) is 9.59 Å². The summed E-state index contributed by atoms with van der Waals surface area (Å²) in [5.74, 6) is 2.98. The fourth-order valence-electron chi connectivity index (χ4n) is 3.68. The van der Waals surface area contributed by atoms with Gasteiger partial charge in [-0.1, -0.05) is 19.1 Å². The third-order valence-corrected chi connectivity index (χ3v) is 8.45. The molecule has 1 aliphatic carbocycles. The molecule has 1 heterocycles. The minimum absolute atomic E-state index is 0.111. The van der Waals surface area contributed by atoms with Crippen LogP contribution in [-0.2, 0) is 14.3 Å². The Hall–Kier alpha value is -1.34. The Labute approximate surface area is 175 Å². The van der Waals surface area contributed by atoms with Crippen molar-refractivity contribution in [3.05, 3.63) is 29.8 Å². The highest BCUT2D eigenvalue weighted by Gasteiger charge is 2.43. The number of hydrogen-bond acceptors (Lipinski definition) is 6. The Morgan fingerprint density at radius 3 is 2.39 bits per heavy atom. The van der Waals surface area contributed by atoms with Gasteiger partial charge in [0.1, 0.15) is 11.3 Å². The minimum Gasteiger partial charge on any atom is -0.484 e. The summed E-state index contributed by atoms with van der Waals surface area (Å²) in [6, 6.07) is 7.97. The van der Waals surface area contributed by atoms with Crippen LogP contribution in [0.3, 0.4) is 0 Å². The Morgan fingerprint density at radius 1 is 1.14 bits per heavy atom. The molecule has 1 aromatic rings. The molecule has 0 aromatic heterocycles. The second-order valence-corrected chi connectivity index (χ2v) is 10.3. The molecule has 7 heteroatoms. The SMILES string of the molecule is COC(=O)C1(NC(=O)COc2ccc(C3SCCCS3)cc2)CCC(C)CC1. The number of carbonyl (C=O) groups is 2. The number of ether oxygens (including phenoxy) is 2. The Bertz CT molecular complexity index is 665. The maximum atomic E-state index is 12.5. The van der Waals surface area contributed by atoms with Crippen LogP contribution in [0.25, 0.3) is 0 Å². The maximum absolute atomic E-state index is 12.5. The van der Waals surface area contributed by atoms with Gasteiger partial charge in [0.15, 0.2) is 6.61 Å². The molecule has 1 amide bonds. The Kier molecular flexibility index (Phi) is 7.57. The van der Waals surface area contributed by atoms with Crippen LogP contribution in [0.1, 0.15) is 49.2 Å². The van der Waals surface area contributed by atoms with Crippen LogP contribution in [0.5, 0.6) is 5.75 Å². The molecule has 5 nitrogen and oxygen atoms in total. The van der Waals surface area contributed by atoms with Gasteiger partial charge in [0.2, 0.25) is 0 Å². The lowest BCUT2D eigenvalue weighted by molar-refractivity contribution is -0.153. The van der Waals surface area contributed by atoms with Gasteiger partial charge in [-0.3, -0.25) is 4.79 Å². The molecule has 1 saturated heterocycles. The molecule has 28 heavy (non-hydrogen) atoms. The molecule has 1 aromatic carbocycles. The summed E-state index contributed by atoms with van der Waals surface area (Å²) in [5.41, 5.74) is 0.369. The van der Waals surface area contributed by atoms with Crippen LogP contribution in [-0.4, -0.2) is 42.6 Å². The summed E-state index contributed by atoms with van der Waals surface area (Å²) in [5, 5.41) is 2.89. The molecule has 2 aliphatic rings. The zero-order chi connectivity index (χ0) is 20.0. The van der Waals surface area contributed by atoms with E-state index in [1.807, 2.05) is 35.7 Å². The van der Waals surface area contributed by atoms with Crippen molar-refractivity contribution in [1.29, 1.82) is 0 Å². The van der Waals surface area contributed by atoms with E-state index in [2.05, 4.69) is 24.4 Å². The second kappa shape index (κ2) is 9.92. The molecular weight excluding hydrogens is 394 g/mol. The van der Waals surface area contributed by atoms with E-state index in [0.717, 1.165) is 12.8 Å². The van der Waals surface area contributed by atoms with Crippen LogP contribution in [0.2, 0.25) is 0 Å². The summed E-state index contributed by atoms with van der Waals surface area (Å²) >= 11 is 3.96. The first-order chi connectivity index (χ1) is 13.5. The second-order valence-electron chi connectivity index (χ2n) is 7.59. The summed E-state index contributed by atoms with van der Waals surface area (Å²) in [7, 11) is 1.37. The Balaban J connectivity index is 1.53. The first kappa shape index (κ1) is 21.4. The van der Waals surface area contributed by atoms with Gasteiger partial charge in [-0.2, -0.15) is 0 Å². The average Bonchev–Trinajstić information content (AvgIpc) is 2.74. The van der Waals surface area contributed by atoms with Crippen molar-refractivity contribution in [2.45, 2.75) is 49.1 Å². The van der Waals surface area contributed by atoms with E-state index < -0.39 is 5.54 Å². The molecule has 154 valence electrons. The lowest BCUT2D eigenvalue weighted by Crippen LogP contribution is -2.57. The Morgan fingerprint density at radius 2 is 1.79 bits per heavy atom. The van der Waals surface area contributed by atoms with Crippen molar-refractivity contribution in [2.24, 2.45) is 5.92 Å². The molecule has 1 N–H and O–H groups in total.